The van der Waals surface area contributed by atoms with Crippen LogP contribution in [0.25, 0.3) is 0 Å². The number of likely N-dealkylation sites (tertiary alicyclic amines) is 1. The van der Waals surface area contributed by atoms with Crippen molar-refractivity contribution in [1.82, 2.24) is 9.80 Å². The van der Waals surface area contributed by atoms with Gasteiger partial charge in [-0.1, -0.05) is 33.6 Å². The van der Waals surface area contributed by atoms with Gasteiger partial charge in [0, 0.05) is 25.0 Å². The zero-order valence-electron chi connectivity index (χ0n) is 13.4. The van der Waals surface area contributed by atoms with Crippen LogP contribution >= 0.6 is 0 Å². The first kappa shape index (κ1) is 15.8. The molecule has 1 heterocycles. The summed E-state index contributed by atoms with van der Waals surface area (Å²) >= 11 is 0. The van der Waals surface area contributed by atoms with Gasteiger partial charge in [-0.05, 0) is 25.8 Å². The lowest BCUT2D eigenvalue weighted by atomic mass is 9.82. The van der Waals surface area contributed by atoms with Crippen LogP contribution in [-0.2, 0) is 4.79 Å². The summed E-state index contributed by atoms with van der Waals surface area (Å²) in [6.07, 6.45) is 5.01. The highest BCUT2D eigenvalue weighted by atomic mass is 16.3. The van der Waals surface area contributed by atoms with Gasteiger partial charge in [-0.3, -0.25) is 9.69 Å². The van der Waals surface area contributed by atoms with E-state index in [-0.39, 0.29) is 17.7 Å². The second-order valence-corrected chi connectivity index (χ2v) is 7.17. The number of nitrogens with zero attached hydrogens (tertiary/aromatic N) is 2. The number of β-amino-alcohol motifs (C(OH)–C–C–N with tert-alkyl or cyclic N) is 1. The van der Waals surface area contributed by atoms with Crippen molar-refractivity contribution in [2.45, 2.75) is 58.1 Å². The zero-order valence-corrected chi connectivity index (χ0v) is 13.4. The van der Waals surface area contributed by atoms with Crippen molar-refractivity contribution < 1.29 is 9.90 Å². The third kappa shape index (κ3) is 3.01. The van der Waals surface area contributed by atoms with Gasteiger partial charge in [-0.25, -0.2) is 0 Å². The largest absolute Gasteiger partial charge is 0.387 e. The fraction of sp³-hybridized carbons (Fsp3) is 0.938. The number of hydrogen-bond donors (Lipinski definition) is 1. The molecule has 0 unspecified atom stereocenters. The van der Waals surface area contributed by atoms with E-state index < -0.39 is 5.60 Å². The van der Waals surface area contributed by atoms with Crippen LogP contribution in [0.1, 0.15) is 46.5 Å². The van der Waals surface area contributed by atoms with E-state index in [1.165, 1.54) is 25.7 Å². The Morgan fingerprint density at radius 2 is 2.00 bits per heavy atom. The molecule has 1 aliphatic heterocycles. The maximum Gasteiger partial charge on any atom is 0.236 e. The third-order valence-electron chi connectivity index (χ3n) is 5.48. The van der Waals surface area contributed by atoms with E-state index in [0.717, 1.165) is 0 Å². The molecular weight excluding hydrogens is 252 g/mol. The van der Waals surface area contributed by atoms with Gasteiger partial charge >= 0.3 is 0 Å². The van der Waals surface area contributed by atoms with Crippen LogP contribution in [-0.4, -0.2) is 59.1 Å². The fourth-order valence-electron chi connectivity index (χ4n) is 3.74. The Balaban J connectivity index is 1.90. The topological polar surface area (TPSA) is 43.8 Å². The van der Waals surface area contributed by atoms with Crippen LogP contribution in [0.3, 0.4) is 0 Å². The van der Waals surface area contributed by atoms with Crippen LogP contribution in [0.5, 0.6) is 0 Å². The molecule has 2 rings (SSSR count). The molecule has 1 aliphatic carbocycles. The molecule has 20 heavy (non-hydrogen) atoms. The number of carbonyl (C=O) groups is 1. The number of rotatable bonds is 4. The molecule has 1 saturated carbocycles. The average molecular weight is 282 g/mol. The summed E-state index contributed by atoms with van der Waals surface area (Å²) in [5.41, 5.74) is -0.721. The van der Waals surface area contributed by atoms with Gasteiger partial charge in [0.1, 0.15) is 0 Å². The summed E-state index contributed by atoms with van der Waals surface area (Å²) < 4.78 is 0. The van der Waals surface area contributed by atoms with Crippen molar-refractivity contribution in [3.05, 3.63) is 0 Å². The van der Waals surface area contributed by atoms with Crippen LogP contribution in [0.15, 0.2) is 0 Å². The summed E-state index contributed by atoms with van der Waals surface area (Å²) in [6.45, 7) is 7.79. The van der Waals surface area contributed by atoms with Crippen molar-refractivity contribution in [2.24, 2.45) is 11.8 Å². The lowest BCUT2D eigenvalue weighted by Crippen LogP contribution is -2.45. The van der Waals surface area contributed by atoms with Crippen LogP contribution < -0.4 is 0 Å². The Morgan fingerprint density at radius 1 is 1.40 bits per heavy atom. The van der Waals surface area contributed by atoms with Crippen molar-refractivity contribution >= 4 is 5.91 Å². The molecule has 116 valence electrons. The fourth-order valence-corrected chi connectivity index (χ4v) is 3.74. The summed E-state index contributed by atoms with van der Waals surface area (Å²) in [5.74, 6) is 0.508. The lowest BCUT2D eigenvalue weighted by Gasteiger charge is -2.31. The van der Waals surface area contributed by atoms with E-state index in [1.807, 2.05) is 25.7 Å². The zero-order chi connectivity index (χ0) is 14.9. The first-order valence-electron chi connectivity index (χ1n) is 8.05. The van der Waals surface area contributed by atoms with Gasteiger partial charge in [0.15, 0.2) is 0 Å². The Kier molecular flexibility index (Phi) is 4.75. The summed E-state index contributed by atoms with van der Waals surface area (Å²) in [4.78, 5) is 16.5. The first-order valence-corrected chi connectivity index (χ1v) is 8.05. The molecule has 0 spiro atoms. The Hall–Kier alpha value is -0.610. The molecule has 4 heteroatoms. The van der Waals surface area contributed by atoms with Gasteiger partial charge in [0.2, 0.25) is 5.91 Å². The summed E-state index contributed by atoms with van der Waals surface area (Å²) in [6, 6.07) is 0.572. The molecule has 4 nitrogen and oxygen atoms in total. The minimum Gasteiger partial charge on any atom is -0.387 e. The number of carbonyl (C=O) groups excluding carboxylic acids is 1. The van der Waals surface area contributed by atoms with E-state index in [0.29, 0.717) is 25.7 Å². The minimum atomic E-state index is -0.721. The first-order chi connectivity index (χ1) is 9.34. The van der Waals surface area contributed by atoms with E-state index in [4.69, 9.17) is 0 Å². The SMILES string of the molecule is CC(C)[C@]1(O)CN(C(=O)CN(C)C2CCCC2)C[C@H]1C. The normalized spacial score (nSPS) is 31.8. The van der Waals surface area contributed by atoms with E-state index in [1.54, 1.807) is 0 Å². The number of likely N-dealkylation sites (N-methyl/N-ethyl adjacent to an activating group) is 1. The van der Waals surface area contributed by atoms with Crippen LogP contribution in [0.4, 0.5) is 0 Å². The molecule has 1 saturated heterocycles. The molecule has 1 amide bonds. The smallest absolute Gasteiger partial charge is 0.236 e. The monoisotopic (exact) mass is 282 g/mol. The number of amides is 1. The third-order valence-corrected chi connectivity index (χ3v) is 5.48. The second-order valence-electron chi connectivity index (χ2n) is 7.17. The molecule has 0 aromatic heterocycles. The van der Waals surface area contributed by atoms with E-state index in [2.05, 4.69) is 11.9 Å². The number of aliphatic hydroxyl groups is 1. The van der Waals surface area contributed by atoms with Crippen molar-refractivity contribution in [3.8, 4) is 0 Å². The molecule has 0 radical (unpaired) electrons. The van der Waals surface area contributed by atoms with Crippen molar-refractivity contribution in [1.29, 1.82) is 0 Å². The Morgan fingerprint density at radius 3 is 2.50 bits per heavy atom. The predicted molar refractivity (Wildman–Crippen MR) is 80.4 cm³/mol. The standard InChI is InChI=1S/C16H30N2O2/c1-12(2)16(20)11-18(9-13(16)3)15(19)10-17(4)14-7-5-6-8-14/h12-14,20H,5-11H2,1-4H3/t13-,16-/m1/s1. The van der Waals surface area contributed by atoms with Crippen LogP contribution in [0.2, 0.25) is 0 Å². The molecule has 2 fully saturated rings. The van der Waals surface area contributed by atoms with Crippen molar-refractivity contribution in [2.75, 3.05) is 26.7 Å². The molecule has 0 bridgehead atoms. The average Bonchev–Trinajstić information content (AvgIpc) is 2.99. The van der Waals surface area contributed by atoms with Crippen LogP contribution in [0, 0.1) is 11.8 Å². The summed E-state index contributed by atoms with van der Waals surface area (Å²) in [7, 11) is 2.06. The molecule has 0 aromatic carbocycles. The van der Waals surface area contributed by atoms with Gasteiger partial charge in [0.25, 0.3) is 0 Å². The minimum absolute atomic E-state index is 0.156. The molecule has 0 aromatic rings. The second kappa shape index (κ2) is 6.02. The molecule has 2 aliphatic rings. The maximum absolute atomic E-state index is 12.4. The maximum atomic E-state index is 12.4. The molecular formula is C16H30N2O2. The van der Waals surface area contributed by atoms with E-state index in [9.17, 15) is 9.90 Å². The van der Waals surface area contributed by atoms with Gasteiger partial charge in [-0.2, -0.15) is 0 Å². The molecule has 2 atom stereocenters. The Labute approximate surface area is 123 Å². The highest BCUT2D eigenvalue weighted by Crippen LogP contribution is 2.34. The Bertz CT molecular complexity index is 352. The molecule has 1 N–H and O–H groups in total. The highest BCUT2D eigenvalue weighted by Gasteiger charge is 2.46. The van der Waals surface area contributed by atoms with Gasteiger partial charge in [-0.15, -0.1) is 0 Å². The highest BCUT2D eigenvalue weighted by molar-refractivity contribution is 5.78. The predicted octanol–water partition coefficient (Wildman–Crippen LogP) is 1.73. The number of hydrogen-bond acceptors (Lipinski definition) is 3. The van der Waals surface area contributed by atoms with Gasteiger partial charge in [0.05, 0.1) is 12.1 Å². The lowest BCUT2D eigenvalue weighted by molar-refractivity contribution is -0.132. The van der Waals surface area contributed by atoms with Gasteiger partial charge < -0.3 is 10.0 Å². The van der Waals surface area contributed by atoms with E-state index >= 15 is 0 Å². The summed E-state index contributed by atoms with van der Waals surface area (Å²) in [5, 5.41) is 10.7. The quantitative estimate of drug-likeness (QED) is 0.854. The van der Waals surface area contributed by atoms with Crippen molar-refractivity contribution in [3.63, 3.8) is 0 Å².